The Kier molecular flexibility index (Phi) is 3.63. The molecule has 0 N–H and O–H groups in total. The molecule has 1 aromatic rings. The van der Waals surface area contributed by atoms with Gasteiger partial charge in [0.25, 0.3) is 0 Å². The summed E-state index contributed by atoms with van der Waals surface area (Å²) in [6.45, 7) is 5.20. The first-order valence-corrected chi connectivity index (χ1v) is 6.48. The van der Waals surface area contributed by atoms with Gasteiger partial charge in [0.05, 0.1) is 6.54 Å². The van der Waals surface area contributed by atoms with E-state index >= 15 is 0 Å². The topological polar surface area (TPSA) is 74.8 Å². The van der Waals surface area contributed by atoms with Gasteiger partial charge in [-0.3, -0.25) is 19.3 Å². The van der Waals surface area contributed by atoms with Crippen LogP contribution in [0.4, 0.5) is 4.79 Å². The molecule has 6 heteroatoms. The number of Topliss-reactive ketones (excluding diaryl/α,β-unsaturated/α-hetero) is 1. The molecule has 0 radical (unpaired) electrons. The van der Waals surface area contributed by atoms with Crippen LogP contribution < -0.4 is 0 Å². The van der Waals surface area contributed by atoms with Gasteiger partial charge < -0.3 is 0 Å². The molecule has 2 rings (SSSR count). The molecule has 0 aromatic heterocycles. The summed E-state index contributed by atoms with van der Waals surface area (Å²) in [5.74, 6) is -2.23. The predicted octanol–water partition coefficient (Wildman–Crippen LogP) is 1.22. The van der Waals surface area contributed by atoms with E-state index in [1.54, 1.807) is 13.0 Å². The highest BCUT2D eigenvalue weighted by Gasteiger charge is 2.43. The molecule has 0 spiro atoms. The second-order valence-corrected chi connectivity index (χ2v) is 5.21. The van der Waals surface area contributed by atoms with Crippen molar-refractivity contribution < 1.29 is 19.2 Å². The summed E-state index contributed by atoms with van der Waals surface area (Å²) in [5.41, 5.74) is 3.26. The Balaban J connectivity index is 2.27. The third-order valence-electron chi connectivity index (χ3n) is 3.69. The minimum atomic E-state index is -0.961. The van der Waals surface area contributed by atoms with Gasteiger partial charge in [0.2, 0.25) is 0 Å². The van der Waals surface area contributed by atoms with Gasteiger partial charge in [-0.15, -0.1) is 0 Å². The maximum absolute atomic E-state index is 12.3. The van der Waals surface area contributed by atoms with Crippen molar-refractivity contribution in [2.75, 3.05) is 13.6 Å². The lowest BCUT2D eigenvalue weighted by Crippen LogP contribution is -2.36. The van der Waals surface area contributed by atoms with Crippen molar-refractivity contribution in [3.63, 3.8) is 0 Å². The number of ketones is 1. The predicted molar refractivity (Wildman–Crippen MR) is 74.9 cm³/mol. The fourth-order valence-corrected chi connectivity index (χ4v) is 2.24. The lowest BCUT2D eigenvalue weighted by atomic mass is 9.98. The first-order valence-electron chi connectivity index (χ1n) is 6.48. The highest BCUT2D eigenvalue weighted by atomic mass is 16.2. The fourth-order valence-electron chi connectivity index (χ4n) is 2.24. The van der Waals surface area contributed by atoms with Crippen molar-refractivity contribution in [1.29, 1.82) is 0 Å². The van der Waals surface area contributed by atoms with Crippen molar-refractivity contribution in [2.45, 2.75) is 20.8 Å². The molecule has 0 bridgehead atoms. The minimum absolute atomic E-state index is 0.361. The normalized spacial score (nSPS) is 15.1. The van der Waals surface area contributed by atoms with E-state index in [1.165, 1.54) is 7.05 Å². The third kappa shape index (κ3) is 2.44. The van der Waals surface area contributed by atoms with Crippen LogP contribution in [-0.4, -0.2) is 47.0 Å². The molecule has 1 aliphatic heterocycles. The van der Waals surface area contributed by atoms with Gasteiger partial charge in [-0.25, -0.2) is 9.69 Å². The molecule has 21 heavy (non-hydrogen) atoms. The van der Waals surface area contributed by atoms with Crippen LogP contribution in [0, 0.1) is 20.8 Å². The van der Waals surface area contributed by atoms with Gasteiger partial charge in [-0.05, 0) is 43.5 Å². The summed E-state index contributed by atoms with van der Waals surface area (Å²) in [6, 6.07) is 2.86. The zero-order valence-corrected chi connectivity index (χ0v) is 12.4. The number of likely N-dealkylation sites (N-methyl/N-ethyl adjacent to an activating group) is 1. The van der Waals surface area contributed by atoms with Crippen LogP contribution in [0.5, 0.6) is 0 Å². The van der Waals surface area contributed by atoms with Gasteiger partial charge in [0.15, 0.2) is 5.78 Å². The van der Waals surface area contributed by atoms with E-state index in [-0.39, 0.29) is 5.78 Å². The van der Waals surface area contributed by atoms with Crippen LogP contribution >= 0.6 is 0 Å². The summed E-state index contributed by atoms with van der Waals surface area (Å²) >= 11 is 0. The van der Waals surface area contributed by atoms with Gasteiger partial charge in [-0.1, -0.05) is 6.07 Å². The summed E-state index contributed by atoms with van der Waals surface area (Å²) in [6.07, 6.45) is 0. The van der Waals surface area contributed by atoms with Crippen molar-refractivity contribution >= 4 is 23.6 Å². The number of nitrogens with zero attached hydrogens (tertiary/aromatic N) is 2. The van der Waals surface area contributed by atoms with E-state index in [9.17, 15) is 19.2 Å². The molecular weight excluding hydrogens is 272 g/mol. The van der Waals surface area contributed by atoms with Gasteiger partial charge >= 0.3 is 17.8 Å². The van der Waals surface area contributed by atoms with Gasteiger partial charge in [0, 0.05) is 12.6 Å². The Morgan fingerprint density at radius 3 is 2.05 bits per heavy atom. The summed E-state index contributed by atoms with van der Waals surface area (Å²) in [4.78, 5) is 48.5. The molecule has 6 nitrogen and oxygen atoms in total. The summed E-state index contributed by atoms with van der Waals surface area (Å²) in [5, 5.41) is 0. The molecule has 1 saturated heterocycles. The molecule has 110 valence electrons. The van der Waals surface area contributed by atoms with Crippen LogP contribution in [0.3, 0.4) is 0 Å². The number of carbonyl (C=O) groups excluding carboxylic acids is 4. The number of hydrogen-bond acceptors (Lipinski definition) is 4. The van der Waals surface area contributed by atoms with Gasteiger partial charge in [0.1, 0.15) is 0 Å². The van der Waals surface area contributed by atoms with E-state index in [0.29, 0.717) is 15.4 Å². The Hall–Kier alpha value is -2.50. The number of benzene rings is 1. The van der Waals surface area contributed by atoms with Crippen molar-refractivity contribution in [3.05, 3.63) is 34.4 Å². The highest BCUT2D eigenvalue weighted by molar-refractivity contribution is 6.45. The van der Waals surface area contributed by atoms with Gasteiger partial charge in [-0.2, -0.15) is 0 Å². The summed E-state index contributed by atoms with van der Waals surface area (Å²) < 4.78 is 0. The fraction of sp³-hybridized carbons (Fsp3) is 0.333. The molecule has 0 aliphatic carbocycles. The third-order valence-corrected chi connectivity index (χ3v) is 3.69. The monoisotopic (exact) mass is 288 g/mol. The largest absolute Gasteiger partial charge is 0.334 e. The zero-order valence-electron chi connectivity index (χ0n) is 12.4. The number of rotatable bonds is 3. The number of aryl methyl sites for hydroxylation is 3. The number of hydrogen-bond donors (Lipinski definition) is 0. The Morgan fingerprint density at radius 2 is 1.52 bits per heavy atom. The maximum Gasteiger partial charge on any atom is 0.334 e. The number of imide groups is 2. The molecule has 1 fully saturated rings. The second kappa shape index (κ2) is 5.12. The Labute approximate surface area is 122 Å². The van der Waals surface area contributed by atoms with E-state index in [2.05, 4.69) is 0 Å². The molecule has 0 unspecified atom stereocenters. The van der Waals surface area contributed by atoms with Crippen LogP contribution in [0.15, 0.2) is 12.1 Å². The maximum atomic E-state index is 12.3. The van der Waals surface area contributed by atoms with E-state index < -0.39 is 24.4 Å². The quantitative estimate of drug-likeness (QED) is 0.476. The molecule has 4 amide bonds. The number of carbonyl (C=O) groups is 4. The van der Waals surface area contributed by atoms with Crippen molar-refractivity contribution in [3.8, 4) is 0 Å². The van der Waals surface area contributed by atoms with E-state index in [0.717, 1.165) is 16.7 Å². The SMILES string of the molecule is Cc1cc(C)c(C(=O)CN2C(=O)C(=O)N(C)C2=O)cc1C. The van der Waals surface area contributed by atoms with Crippen LogP contribution in [0.1, 0.15) is 27.0 Å². The first kappa shape index (κ1) is 14.9. The molecule has 1 aliphatic rings. The Morgan fingerprint density at radius 1 is 0.952 bits per heavy atom. The lowest BCUT2D eigenvalue weighted by molar-refractivity contribution is -0.142. The standard InChI is InChI=1S/C15H16N2O4/c1-8-5-10(3)11(6-9(8)2)12(18)7-17-14(20)13(19)16(4)15(17)21/h5-6H,7H2,1-4H3. The average Bonchev–Trinajstić information content (AvgIpc) is 2.60. The Bertz CT molecular complexity index is 678. The molecule has 1 heterocycles. The van der Waals surface area contributed by atoms with Crippen LogP contribution in [0.2, 0.25) is 0 Å². The van der Waals surface area contributed by atoms with Crippen LogP contribution in [-0.2, 0) is 9.59 Å². The molecule has 0 atom stereocenters. The van der Waals surface area contributed by atoms with Crippen LogP contribution in [0.25, 0.3) is 0 Å². The number of urea groups is 1. The number of amides is 4. The smallest absolute Gasteiger partial charge is 0.292 e. The molecule has 1 aromatic carbocycles. The minimum Gasteiger partial charge on any atom is -0.292 e. The zero-order chi connectivity index (χ0) is 15.9. The molecular formula is C15H16N2O4. The second-order valence-electron chi connectivity index (χ2n) is 5.21. The van der Waals surface area contributed by atoms with Crippen molar-refractivity contribution in [1.82, 2.24) is 9.80 Å². The first-order chi connectivity index (χ1) is 9.73. The average molecular weight is 288 g/mol. The highest BCUT2D eigenvalue weighted by Crippen LogP contribution is 2.18. The van der Waals surface area contributed by atoms with E-state index in [4.69, 9.17) is 0 Å². The van der Waals surface area contributed by atoms with E-state index in [1.807, 2.05) is 19.9 Å². The van der Waals surface area contributed by atoms with Crippen molar-refractivity contribution in [2.24, 2.45) is 0 Å². The summed E-state index contributed by atoms with van der Waals surface area (Å²) in [7, 11) is 1.22. The molecule has 0 saturated carbocycles. The lowest BCUT2D eigenvalue weighted by Gasteiger charge is -2.14.